The van der Waals surface area contributed by atoms with Crippen LogP contribution in [0.2, 0.25) is 5.02 Å². The zero-order valence-corrected chi connectivity index (χ0v) is 11.8. The first-order chi connectivity index (χ1) is 10.5. The number of benzene rings is 1. The van der Waals surface area contributed by atoms with Gasteiger partial charge in [-0.25, -0.2) is 14.6 Å². The van der Waals surface area contributed by atoms with E-state index in [0.29, 0.717) is 16.4 Å². The number of aromatic nitrogens is 2. The van der Waals surface area contributed by atoms with Crippen molar-refractivity contribution >= 4 is 29.1 Å². The monoisotopic (exact) mass is 316 g/mol. The van der Waals surface area contributed by atoms with Crippen LogP contribution in [0.25, 0.3) is 16.9 Å². The summed E-state index contributed by atoms with van der Waals surface area (Å²) in [6.45, 7) is 0. The fourth-order valence-electron chi connectivity index (χ4n) is 2.21. The predicted molar refractivity (Wildman–Crippen MR) is 79.6 cm³/mol. The van der Waals surface area contributed by atoms with Gasteiger partial charge in [0.15, 0.2) is 5.69 Å². The normalized spacial score (nSPS) is 10.8. The first-order valence-electron chi connectivity index (χ1n) is 6.22. The number of halogens is 1. The van der Waals surface area contributed by atoms with Gasteiger partial charge in [0.1, 0.15) is 5.82 Å². The fourth-order valence-corrected chi connectivity index (χ4v) is 2.43. The van der Waals surface area contributed by atoms with E-state index in [1.54, 1.807) is 24.3 Å². The SMILES string of the molecule is O=C(O)c1ccn2c(-c3ccccc3Cl)nc(C(=O)O)c2c1. The van der Waals surface area contributed by atoms with Gasteiger partial charge in [-0.1, -0.05) is 23.7 Å². The summed E-state index contributed by atoms with van der Waals surface area (Å²) in [5, 5.41) is 18.8. The summed E-state index contributed by atoms with van der Waals surface area (Å²) in [6, 6.07) is 9.55. The fraction of sp³-hybridized carbons (Fsp3) is 0. The molecule has 3 aromatic rings. The summed E-state index contributed by atoms with van der Waals surface area (Å²) < 4.78 is 1.51. The number of carbonyl (C=O) groups is 2. The Kier molecular flexibility index (Phi) is 3.30. The number of fused-ring (bicyclic) bond motifs is 1. The molecule has 0 fully saturated rings. The minimum atomic E-state index is -1.24. The Morgan fingerprint density at radius 3 is 2.45 bits per heavy atom. The van der Waals surface area contributed by atoms with Crippen LogP contribution in [0.4, 0.5) is 0 Å². The molecule has 0 radical (unpaired) electrons. The van der Waals surface area contributed by atoms with Crippen molar-refractivity contribution in [2.45, 2.75) is 0 Å². The maximum absolute atomic E-state index is 11.4. The number of pyridine rings is 1. The van der Waals surface area contributed by atoms with E-state index >= 15 is 0 Å². The largest absolute Gasteiger partial charge is 0.478 e. The number of hydrogen-bond acceptors (Lipinski definition) is 3. The lowest BCUT2D eigenvalue weighted by Crippen LogP contribution is -2.00. The van der Waals surface area contributed by atoms with Crippen LogP contribution in [0, 0.1) is 0 Å². The van der Waals surface area contributed by atoms with Gasteiger partial charge in [0.25, 0.3) is 0 Å². The van der Waals surface area contributed by atoms with Crippen LogP contribution in [-0.2, 0) is 0 Å². The molecule has 2 heterocycles. The summed E-state index contributed by atoms with van der Waals surface area (Å²) in [7, 11) is 0. The van der Waals surface area contributed by atoms with Gasteiger partial charge in [0.05, 0.1) is 16.1 Å². The molecular formula is C15H9ClN2O4. The van der Waals surface area contributed by atoms with Crippen molar-refractivity contribution in [1.82, 2.24) is 9.38 Å². The Morgan fingerprint density at radius 2 is 1.82 bits per heavy atom. The maximum Gasteiger partial charge on any atom is 0.356 e. The van der Waals surface area contributed by atoms with E-state index in [1.807, 2.05) is 0 Å². The molecule has 0 aliphatic carbocycles. The minimum absolute atomic E-state index is 0.0133. The van der Waals surface area contributed by atoms with E-state index in [2.05, 4.69) is 4.98 Å². The smallest absolute Gasteiger partial charge is 0.356 e. The lowest BCUT2D eigenvalue weighted by atomic mass is 10.2. The molecule has 0 amide bonds. The number of imidazole rings is 1. The predicted octanol–water partition coefficient (Wildman–Crippen LogP) is 3.05. The molecule has 7 heteroatoms. The highest BCUT2D eigenvalue weighted by Gasteiger charge is 2.20. The van der Waals surface area contributed by atoms with Crippen molar-refractivity contribution in [3.63, 3.8) is 0 Å². The summed E-state index contributed by atoms with van der Waals surface area (Å²) in [6.07, 6.45) is 1.47. The van der Waals surface area contributed by atoms with Crippen LogP contribution in [0.15, 0.2) is 42.6 Å². The molecule has 0 aliphatic heterocycles. The number of rotatable bonds is 3. The molecule has 0 saturated heterocycles. The molecule has 0 unspecified atom stereocenters. The Hall–Kier alpha value is -2.86. The van der Waals surface area contributed by atoms with E-state index in [9.17, 15) is 14.7 Å². The second-order valence-corrected chi connectivity index (χ2v) is 4.95. The van der Waals surface area contributed by atoms with Gasteiger partial charge in [0, 0.05) is 11.8 Å². The Bertz CT molecular complexity index is 917. The molecule has 3 rings (SSSR count). The quantitative estimate of drug-likeness (QED) is 0.774. The van der Waals surface area contributed by atoms with Crippen LogP contribution in [-0.4, -0.2) is 31.5 Å². The third-order valence-corrected chi connectivity index (χ3v) is 3.54. The second kappa shape index (κ2) is 5.16. The molecule has 0 bridgehead atoms. The highest BCUT2D eigenvalue weighted by atomic mass is 35.5. The van der Waals surface area contributed by atoms with Crippen molar-refractivity contribution < 1.29 is 19.8 Å². The van der Waals surface area contributed by atoms with Gasteiger partial charge in [-0.3, -0.25) is 4.40 Å². The van der Waals surface area contributed by atoms with E-state index in [-0.39, 0.29) is 16.8 Å². The Labute approximate surface area is 129 Å². The van der Waals surface area contributed by atoms with Crippen molar-refractivity contribution in [1.29, 1.82) is 0 Å². The molecule has 6 nitrogen and oxygen atoms in total. The molecule has 110 valence electrons. The van der Waals surface area contributed by atoms with Crippen LogP contribution in [0.1, 0.15) is 20.8 Å². The molecule has 0 spiro atoms. The van der Waals surface area contributed by atoms with Crippen molar-refractivity contribution in [3.8, 4) is 11.4 Å². The molecule has 0 atom stereocenters. The first-order valence-corrected chi connectivity index (χ1v) is 6.60. The zero-order valence-electron chi connectivity index (χ0n) is 11.0. The van der Waals surface area contributed by atoms with Gasteiger partial charge < -0.3 is 10.2 Å². The number of carboxylic acids is 2. The molecule has 0 aliphatic rings. The molecule has 1 aromatic carbocycles. The number of aromatic carboxylic acids is 2. The van der Waals surface area contributed by atoms with Crippen molar-refractivity contribution in [2.24, 2.45) is 0 Å². The highest BCUT2D eigenvalue weighted by molar-refractivity contribution is 6.33. The van der Waals surface area contributed by atoms with E-state index in [1.165, 1.54) is 22.7 Å². The molecule has 22 heavy (non-hydrogen) atoms. The topological polar surface area (TPSA) is 91.9 Å². The van der Waals surface area contributed by atoms with E-state index in [4.69, 9.17) is 16.7 Å². The lowest BCUT2D eigenvalue weighted by Gasteiger charge is -2.04. The van der Waals surface area contributed by atoms with Crippen LogP contribution < -0.4 is 0 Å². The summed E-state index contributed by atoms with van der Waals surface area (Å²) in [4.78, 5) is 26.5. The van der Waals surface area contributed by atoms with Gasteiger partial charge in [-0.05, 0) is 24.3 Å². The average molecular weight is 317 g/mol. The van der Waals surface area contributed by atoms with Crippen molar-refractivity contribution in [2.75, 3.05) is 0 Å². The van der Waals surface area contributed by atoms with Gasteiger partial charge in [-0.15, -0.1) is 0 Å². The second-order valence-electron chi connectivity index (χ2n) is 4.54. The van der Waals surface area contributed by atoms with Gasteiger partial charge >= 0.3 is 11.9 Å². The Morgan fingerprint density at radius 1 is 1.09 bits per heavy atom. The van der Waals surface area contributed by atoms with Crippen molar-refractivity contribution in [3.05, 3.63) is 58.9 Å². The number of nitrogens with zero attached hydrogens (tertiary/aromatic N) is 2. The van der Waals surface area contributed by atoms with E-state index < -0.39 is 11.9 Å². The highest BCUT2D eigenvalue weighted by Crippen LogP contribution is 2.29. The minimum Gasteiger partial charge on any atom is -0.478 e. The number of carboxylic acid groups (broad SMARTS) is 2. The van der Waals surface area contributed by atoms with Crippen LogP contribution in [0.5, 0.6) is 0 Å². The summed E-state index contributed by atoms with van der Waals surface area (Å²) in [5.41, 5.74) is 0.524. The lowest BCUT2D eigenvalue weighted by molar-refractivity contribution is 0.0682. The number of hydrogen-bond donors (Lipinski definition) is 2. The summed E-state index contributed by atoms with van der Waals surface area (Å²) >= 11 is 6.13. The molecular weight excluding hydrogens is 308 g/mol. The molecule has 2 aromatic heterocycles. The third kappa shape index (κ3) is 2.19. The summed E-state index contributed by atoms with van der Waals surface area (Å²) in [5.74, 6) is -2.03. The third-order valence-electron chi connectivity index (χ3n) is 3.21. The van der Waals surface area contributed by atoms with Crippen LogP contribution in [0.3, 0.4) is 0 Å². The molecule has 2 N–H and O–H groups in total. The Balaban J connectivity index is 2.35. The first kappa shape index (κ1) is 14.1. The maximum atomic E-state index is 11.4. The zero-order chi connectivity index (χ0) is 15.9. The van der Waals surface area contributed by atoms with E-state index in [0.717, 1.165) is 0 Å². The molecule has 0 saturated carbocycles. The standard InChI is InChI=1S/C15H9ClN2O4/c16-10-4-2-1-3-9(10)13-17-12(15(21)22)11-7-8(14(19)20)5-6-18(11)13/h1-7H,(H,19,20)(H,21,22). The van der Waals surface area contributed by atoms with Gasteiger partial charge in [-0.2, -0.15) is 0 Å². The average Bonchev–Trinajstić information content (AvgIpc) is 2.86. The van der Waals surface area contributed by atoms with Gasteiger partial charge in [0.2, 0.25) is 0 Å². The van der Waals surface area contributed by atoms with Crippen LogP contribution >= 0.6 is 11.6 Å².